The first-order valence-corrected chi connectivity index (χ1v) is 6.10. The smallest absolute Gasteiger partial charge is 0.0476 e. The standard InChI is InChI=1S/C17H15N/c1-12-11-14-9-5-6-10-15(14)17(18)16(12)13-7-3-2-4-8-13/h2-11H,18H2,1H3. The van der Waals surface area contributed by atoms with E-state index in [9.17, 15) is 0 Å². The zero-order valence-corrected chi connectivity index (χ0v) is 10.4. The van der Waals surface area contributed by atoms with Crippen LogP contribution >= 0.6 is 0 Å². The highest BCUT2D eigenvalue weighted by Gasteiger charge is 2.09. The Morgan fingerprint density at radius 1 is 0.833 bits per heavy atom. The Morgan fingerprint density at radius 3 is 2.28 bits per heavy atom. The number of aryl methyl sites for hydroxylation is 1. The summed E-state index contributed by atoms with van der Waals surface area (Å²) in [4.78, 5) is 0. The van der Waals surface area contributed by atoms with Crippen molar-refractivity contribution in [2.75, 3.05) is 5.73 Å². The van der Waals surface area contributed by atoms with Crippen LogP contribution in [0.3, 0.4) is 0 Å². The van der Waals surface area contributed by atoms with E-state index in [-0.39, 0.29) is 0 Å². The summed E-state index contributed by atoms with van der Waals surface area (Å²) in [5.74, 6) is 0. The molecule has 0 spiro atoms. The van der Waals surface area contributed by atoms with Crippen molar-refractivity contribution in [1.29, 1.82) is 0 Å². The number of benzene rings is 3. The van der Waals surface area contributed by atoms with Crippen LogP contribution in [0.5, 0.6) is 0 Å². The van der Waals surface area contributed by atoms with Gasteiger partial charge >= 0.3 is 0 Å². The van der Waals surface area contributed by atoms with Crippen LogP contribution in [-0.2, 0) is 0 Å². The van der Waals surface area contributed by atoms with Crippen LogP contribution in [0, 0.1) is 6.92 Å². The lowest BCUT2D eigenvalue weighted by Gasteiger charge is -2.13. The topological polar surface area (TPSA) is 26.0 Å². The molecule has 3 aromatic carbocycles. The van der Waals surface area contributed by atoms with Gasteiger partial charge in [0.1, 0.15) is 0 Å². The fourth-order valence-electron chi connectivity index (χ4n) is 2.51. The Balaban J connectivity index is 2.37. The van der Waals surface area contributed by atoms with Crippen molar-refractivity contribution in [3.63, 3.8) is 0 Å². The normalized spacial score (nSPS) is 10.7. The summed E-state index contributed by atoms with van der Waals surface area (Å²) < 4.78 is 0. The third kappa shape index (κ3) is 1.65. The van der Waals surface area contributed by atoms with Crippen LogP contribution in [0.25, 0.3) is 21.9 Å². The Labute approximate surface area is 107 Å². The van der Waals surface area contributed by atoms with E-state index in [4.69, 9.17) is 5.73 Å². The monoisotopic (exact) mass is 233 g/mol. The van der Waals surface area contributed by atoms with Crippen LogP contribution in [-0.4, -0.2) is 0 Å². The van der Waals surface area contributed by atoms with E-state index in [1.165, 1.54) is 16.5 Å². The summed E-state index contributed by atoms with van der Waals surface area (Å²) in [6, 6.07) is 20.8. The second-order valence-corrected chi connectivity index (χ2v) is 4.57. The van der Waals surface area contributed by atoms with Crippen LogP contribution in [0.4, 0.5) is 5.69 Å². The third-order valence-corrected chi connectivity index (χ3v) is 3.35. The molecule has 3 rings (SSSR count). The second-order valence-electron chi connectivity index (χ2n) is 4.57. The van der Waals surface area contributed by atoms with Gasteiger partial charge in [0.25, 0.3) is 0 Å². The van der Waals surface area contributed by atoms with E-state index in [0.29, 0.717) is 0 Å². The fourth-order valence-corrected chi connectivity index (χ4v) is 2.51. The minimum atomic E-state index is 0.872. The SMILES string of the molecule is Cc1cc2ccccc2c(N)c1-c1ccccc1. The number of anilines is 1. The lowest BCUT2D eigenvalue weighted by molar-refractivity contribution is 1.48. The quantitative estimate of drug-likeness (QED) is 0.619. The molecular weight excluding hydrogens is 218 g/mol. The van der Waals surface area contributed by atoms with Gasteiger partial charge < -0.3 is 5.73 Å². The predicted molar refractivity (Wildman–Crippen MR) is 78.5 cm³/mol. The first-order valence-electron chi connectivity index (χ1n) is 6.10. The van der Waals surface area contributed by atoms with E-state index < -0.39 is 0 Å². The molecule has 88 valence electrons. The van der Waals surface area contributed by atoms with Gasteiger partial charge in [0.2, 0.25) is 0 Å². The summed E-state index contributed by atoms with van der Waals surface area (Å²) in [7, 11) is 0. The molecule has 0 saturated carbocycles. The highest BCUT2D eigenvalue weighted by Crippen LogP contribution is 2.35. The molecule has 0 aromatic heterocycles. The molecule has 0 aliphatic carbocycles. The first-order chi connectivity index (χ1) is 8.77. The summed E-state index contributed by atoms with van der Waals surface area (Å²) >= 11 is 0. The molecule has 0 aliphatic heterocycles. The average molecular weight is 233 g/mol. The lowest BCUT2D eigenvalue weighted by Crippen LogP contribution is -1.95. The molecule has 0 unspecified atom stereocenters. The van der Waals surface area contributed by atoms with Gasteiger partial charge in [0, 0.05) is 16.6 Å². The summed E-state index contributed by atoms with van der Waals surface area (Å²) in [6.45, 7) is 2.12. The van der Waals surface area contributed by atoms with Gasteiger partial charge in [-0.05, 0) is 23.4 Å². The third-order valence-electron chi connectivity index (χ3n) is 3.35. The first kappa shape index (κ1) is 10.8. The maximum absolute atomic E-state index is 6.35. The average Bonchev–Trinajstić information content (AvgIpc) is 2.40. The Morgan fingerprint density at radius 2 is 1.50 bits per heavy atom. The van der Waals surface area contributed by atoms with Crippen LogP contribution in [0.1, 0.15) is 5.56 Å². The molecule has 3 aromatic rings. The van der Waals surface area contributed by atoms with E-state index in [1.54, 1.807) is 0 Å². The van der Waals surface area contributed by atoms with Crippen molar-refractivity contribution in [3.05, 3.63) is 66.2 Å². The van der Waals surface area contributed by atoms with Gasteiger partial charge in [0.15, 0.2) is 0 Å². The lowest BCUT2D eigenvalue weighted by atomic mass is 9.94. The fraction of sp³-hybridized carbons (Fsp3) is 0.0588. The number of nitrogen functional groups attached to an aromatic ring is 1. The van der Waals surface area contributed by atoms with E-state index in [2.05, 4.69) is 37.3 Å². The molecule has 0 heterocycles. The zero-order chi connectivity index (χ0) is 12.5. The van der Waals surface area contributed by atoms with Crippen LogP contribution < -0.4 is 5.73 Å². The Bertz CT molecular complexity index is 699. The van der Waals surface area contributed by atoms with Crippen LogP contribution in [0.2, 0.25) is 0 Å². The molecule has 0 fully saturated rings. The van der Waals surface area contributed by atoms with Gasteiger partial charge in [-0.2, -0.15) is 0 Å². The highest BCUT2D eigenvalue weighted by atomic mass is 14.6. The van der Waals surface area contributed by atoms with Crippen molar-refractivity contribution in [2.24, 2.45) is 0 Å². The summed E-state index contributed by atoms with van der Waals surface area (Å²) in [5, 5.41) is 2.33. The molecule has 0 bridgehead atoms. The maximum atomic E-state index is 6.35. The van der Waals surface area contributed by atoms with Gasteiger partial charge in [0.05, 0.1) is 0 Å². The van der Waals surface area contributed by atoms with Crippen molar-refractivity contribution >= 4 is 16.5 Å². The van der Waals surface area contributed by atoms with E-state index in [1.807, 2.05) is 30.3 Å². The van der Waals surface area contributed by atoms with Gasteiger partial charge in [-0.1, -0.05) is 60.7 Å². The molecule has 0 amide bonds. The van der Waals surface area contributed by atoms with Crippen molar-refractivity contribution in [2.45, 2.75) is 6.92 Å². The van der Waals surface area contributed by atoms with Crippen molar-refractivity contribution < 1.29 is 0 Å². The molecule has 0 radical (unpaired) electrons. The van der Waals surface area contributed by atoms with Gasteiger partial charge in [-0.25, -0.2) is 0 Å². The van der Waals surface area contributed by atoms with E-state index >= 15 is 0 Å². The number of fused-ring (bicyclic) bond motifs is 1. The molecule has 2 N–H and O–H groups in total. The Hall–Kier alpha value is -2.28. The van der Waals surface area contributed by atoms with E-state index in [0.717, 1.165) is 16.6 Å². The zero-order valence-electron chi connectivity index (χ0n) is 10.4. The largest absolute Gasteiger partial charge is 0.398 e. The van der Waals surface area contributed by atoms with Crippen molar-refractivity contribution in [3.8, 4) is 11.1 Å². The van der Waals surface area contributed by atoms with Gasteiger partial charge in [-0.15, -0.1) is 0 Å². The molecule has 18 heavy (non-hydrogen) atoms. The minimum absolute atomic E-state index is 0.872. The number of rotatable bonds is 1. The number of hydrogen-bond donors (Lipinski definition) is 1. The highest BCUT2D eigenvalue weighted by molar-refractivity contribution is 6.01. The van der Waals surface area contributed by atoms with Crippen LogP contribution in [0.15, 0.2) is 60.7 Å². The number of hydrogen-bond acceptors (Lipinski definition) is 1. The molecule has 1 heteroatoms. The maximum Gasteiger partial charge on any atom is 0.0476 e. The van der Waals surface area contributed by atoms with Crippen molar-refractivity contribution in [1.82, 2.24) is 0 Å². The summed E-state index contributed by atoms with van der Waals surface area (Å²) in [5.41, 5.74) is 10.8. The molecule has 0 aliphatic rings. The molecule has 0 atom stereocenters. The molecule has 0 saturated heterocycles. The summed E-state index contributed by atoms with van der Waals surface area (Å²) in [6.07, 6.45) is 0. The Kier molecular flexibility index (Phi) is 2.52. The number of nitrogens with two attached hydrogens (primary N) is 1. The second kappa shape index (κ2) is 4.19. The van der Waals surface area contributed by atoms with Gasteiger partial charge in [-0.3, -0.25) is 0 Å². The molecular formula is C17H15N. The predicted octanol–water partition coefficient (Wildman–Crippen LogP) is 4.40. The molecule has 1 nitrogen and oxygen atoms in total. The minimum Gasteiger partial charge on any atom is -0.398 e.